The Kier molecular flexibility index (Phi) is 5.53. The molecule has 0 amide bonds. The summed E-state index contributed by atoms with van der Waals surface area (Å²) in [6.07, 6.45) is 5.85. The van der Waals surface area contributed by atoms with Crippen LogP contribution in [0.2, 0.25) is 0 Å². The Bertz CT molecular complexity index is 1150. The fourth-order valence-electron chi connectivity index (χ4n) is 3.65. The predicted molar refractivity (Wildman–Crippen MR) is 119 cm³/mol. The van der Waals surface area contributed by atoms with Gasteiger partial charge in [-0.1, -0.05) is 84.9 Å². The number of ether oxygens (including phenoxy) is 1. The molecule has 0 aliphatic heterocycles. The first-order chi connectivity index (χ1) is 14.3. The number of allylic oxidation sites excluding steroid dienone is 4. The third-order valence-electron chi connectivity index (χ3n) is 5.02. The highest BCUT2D eigenvalue weighted by Crippen LogP contribution is 2.20. The maximum atomic E-state index is 5.57. The minimum Gasteiger partial charge on any atom is -0.496 e. The van der Waals surface area contributed by atoms with Crippen LogP contribution in [-0.4, -0.2) is 20.0 Å². The molecule has 3 aromatic carbocycles. The van der Waals surface area contributed by atoms with Crippen LogP contribution >= 0.6 is 0 Å². The summed E-state index contributed by atoms with van der Waals surface area (Å²) < 4.78 is 11.1. The van der Waals surface area contributed by atoms with Gasteiger partial charge in [0.05, 0.1) is 7.11 Å². The average Bonchev–Trinajstić information content (AvgIpc) is 2.80. The second-order valence-electron chi connectivity index (χ2n) is 6.72. The van der Waals surface area contributed by atoms with E-state index in [-0.39, 0.29) is 0 Å². The van der Waals surface area contributed by atoms with Crippen molar-refractivity contribution in [2.45, 2.75) is 0 Å². The summed E-state index contributed by atoms with van der Waals surface area (Å²) in [6.45, 7) is 0. The van der Waals surface area contributed by atoms with Crippen molar-refractivity contribution in [2.75, 3.05) is 14.2 Å². The normalized spacial score (nSPS) is 14.6. The lowest BCUT2D eigenvalue weighted by Crippen LogP contribution is -2.20. The first-order valence-electron chi connectivity index (χ1n) is 9.61. The van der Waals surface area contributed by atoms with Gasteiger partial charge >= 0.3 is 5.78 Å². The standard InChI is InChI=1S/C27H23O2/c1-28-24-14-9-15-25(29-2)27(24)23-18-16-22(17-19-23)26(20-10-5-3-6-11-20)21-12-7-4-8-13-21/h3-19H,1-2H3/q+1. The molecule has 1 aliphatic rings. The third-order valence-corrected chi connectivity index (χ3v) is 5.02. The van der Waals surface area contributed by atoms with E-state index in [1.165, 1.54) is 21.9 Å². The Hall–Kier alpha value is -3.65. The van der Waals surface area contributed by atoms with E-state index in [0.717, 1.165) is 22.3 Å². The second-order valence-corrected chi connectivity index (χ2v) is 6.72. The maximum absolute atomic E-state index is 5.57. The molecule has 0 heterocycles. The Balaban J connectivity index is 1.96. The van der Waals surface area contributed by atoms with Crippen LogP contribution in [0.15, 0.2) is 109 Å². The molecule has 0 aromatic heterocycles. The second kappa shape index (κ2) is 8.57. The van der Waals surface area contributed by atoms with Gasteiger partial charge in [-0.25, -0.2) is 0 Å². The van der Waals surface area contributed by atoms with Gasteiger partial charge in [0.25, 0.3) is 7.11 Å². The molecule has 2 heteroatoms. The lowest BCUT2D eigenvalue weighted by Gasteiger charge is -2.10. The molecular formula is C27H23O2+. The Morgan fingerprint density at radius 1 is 0.759 bits per heavy atom. The third kappa shape index (κ3) is 3.83. The van der Waals surface area contributed by atoms with Gasteiger partial charge in [0, 0.05) is 6.08 Å². The smallest absolute Gasteiger partial charge is 0.354 e. The van der Waals surface area contributed by atoms with Gasteiger partial charge < -0.3 is 4.74 Å². The number of rotatable bonds is 3. The fraction of sp³-hybridized carbons (Fsp3) is 0.0741. The van der Waals surface area contributed by atoms with Crippen molar-refractivity contribution < 1.29 is 9.16 Å². The van der Waals surface area contributed by atoms with Crippen molar-refractivity contribution in [3.8, 4) is 0 Å². The maximum Gasteiger partial charge on any atom is 0.354 e. The van der Waals surface area contributed by atoms with E-state index in [9.17, 15) is 0 Å². The molecule has 4 rings (SSSR count). The van der Waals surface area contributed by atoms with Crippen LogP contribution in [0.1, 0.15) is 11.1 Å². The van der Waals surface area contributed by atoms with Crippen molar-refractivity contribution in [1.29, 1.82) is 0 Å². The summed E-state index contributed by atoms with van der Waals surface area (Å²) in [6, 6.07) is 29.6. The highest BCUT2D eigenvalue weighted by atomic mass is 16.5. The van der Waals surface area contributed by atoms with Crippen molar-refractivity contribution in [1.82, 2.24) is 0 Å². The van der Waals surface area contributed by atoms with E-state index < -0.39 is 0 Å². The lowest BCUT2D eigenvalue weighted by atomic mass is 9.95. The van der Waals surface area contributed by atoms with Crippen molar-refractivity contribution >= 4 is 16.9 Å². The molecule has 142 valence electrons. The molecule has 0 atom stereocenters. The Morgan fingerprint density at radius 2 is 1.34 bits per heavy atom. The number of methoxy groups -OCH3 is 1. The molecule has 0 saturated heterocycles. The largest absolute Gasteiger partial charge is 0.496 e. The SMILES string of the molecule is COC1=CC=CC(=[O+]C)C1=c1ccc(=C(c2ccccc2)c2ccccc2)cc1. The van der Waals surface area contributed by atoms with Crippen LogP contribution in [0.4, 0.5) is 0 Å². The summed E-state index contributed by atoms with van der Waals surface area (Å²) in [5, 5.41) is 2.23. The van der Waals surface area contributed by atoms with Crippen molar-refractivity contribution in [3.63, 3.8) is 0 Å². The monoisotopic (exact) mass is 379 g/mol. The summed E-state index contributed by atoms with van der Waals surface area (Å²) in [5.74, 6) is 1.60. The number of benzene rings is 3. The molecule has 0 saturated carbocycles. The van der Waals surface area contributed by atoms with E-state index in [0.29, 0.717) is 0 Å². The van der Waals surface area contributed by atoms with Gasteiger partial charge in [0.2, 0.25) is 0 Å². The molecule has 1 aliphatic carbocycles. The highest BCUT2D eigenvalue weighted by Gasteiger charge is 2.23. The van der Waals surface area contributed by atoms with E-state index in [1.54, 1.807) is 14.2 Å². The van der Waals surface area contributed by atoms with E-state index in [4.69, 9.17) is 9.16 Å². The number of hydrogen-bond donors (Lipinski definition) is 0. The molecule has 3 aromatic rings. The Morgan fingerprint density at radius 3 is 1.86 bits per heavy atom. The first-order valence-corrected chi connectivity index (χ1v) is 9.61. The van der Waals surface area contributed by atoms with E-state index in [1.807, 2.05) is 30.4 Å². The number of ketones is 1. The van der Waals surface area contributed by atoms with Gasteiger partial charge in [-0.15, -0.1) is 0 Å². The van der Waals surface area contributed by atoms with E-state index in [2.05, 4.69) is 72.8 Å². The van der Waals surface area contributed by atoms with Gasteiger partial charge in [0.15, 0.2) is 0 Å². The predicted octanol–water partition coefficient (Wildman–Crippen LogP) is 3.92. The molecule has 0 bridgehead atoms. The summed E-state index contributed by atoms with van der Waals surface area (Å²) in [4.78, 5) is 0. The van der Waals surface area contributed by atoms with Crippen LogP contribution in [-0.2, 0) is 9.16 Å². The topological polar surface area (TPSA) is 20.5 Å². The molecule has 29 heavy (non-hydrogen) atoms. The van der Waals surface area contributed by atoms with Gasteiger partial charge in [-0.3, -0.25) is 4.42 Å². The number of hydrogen-bond acceptors (Lipinski definition) is 1. The van der Waals surface area contributed by atoms with Gasteiger partial charge in [0.1, 0.15) is 11.3 Å². The number of carbonyl (C=O) groups excluding carboxylic acids is 1. The molecular weight excluding hydrogens is 356 g/mol. The van der Waals surface area contributed by atoms with Crippen LogP contribution in [0.3, 0.4) is 0 Å². The molecule has 0 fully saturated rings. The zero-order valence-corrected chi connectivity index (χ0v) is 16.6. The highest BCUT2D eigenvalue weighted by molar-refractivity contribution is 6.26. The zero-order valence-electron chi connectivity index (χ0n) is 16.6. The first kappa shape index (κ1) is 18.7. The van der Waals surface area contributed by atoms with Crippen molar-refractivity contribution in [3.05, 3.63) is 130 Å². The Labute approximate surface area is 171 Å². The minimum atomic E-state index is 0.799. The summed E-state index contributed by atoms with van der Waals surface area (Å²) in [7, 11) is 3.37. The van der Waals surface area contributed by atoms with E-state index >= 15 is 0 Å². The summed E-state index contributed by atoms with van der Waals surface area (Å²) in [5.41, 5.74) is 4.57. The van der Waals surface area contributed by atoms with Crippen LogP contribution in [0.25, 0.3) is 11.1 Å². The van der Waals surface area contributed by atoms with Crippen molar-refractivity contribution in [2.24, 2.45) is 0 Å². The fourth-order valence-corrected chi connectivity index (χ4v) is 3.65. The van der Waals surface area contributed by atoms with Crippen LogP contribution in [0.5, 0.6) is 0 Å². The zero-order chi connectivity index (χ0) is 20.1. The average molecular weight is 379 g/mol. The van der Waals surface area contributed by atoms with Gasteiger partial charge in [-0.2, -0.15) is 0 Å². The minimum absolute atomic E-state index is 0.799. The lowest BCUT2D eigenvalue weighted by molar-refractivity contribution is -0.417. The van der Waals surface area contributed by atoms with Gasteiger partial charge in [-0.05, 0) is 39.3 Å². The molecule has 0 unspecified atom stereocenters. The summed E-state index contributed by atoms with van der Waals surface area (Å²) >= 11 is 0. The quantitative estimate of drug-likeness (QED) is 0.632. The molecule has 0 radical (unpaired) electrons. The molecule has 0 N–H and O–H groups in total. The van der Waals surface area contributed by atoms with Crippen LogP contribution in [0, 0.1) is 0 Å². The molecule has 0 spiro atoms. The van der Waals surface area contributed by atoms with Crippen LogP contribution < -0.4 is 10.4 Å². The molecule has 2 nitrogen and oxygen atoms in total.